The lowest BCUT2D eigenvalue weighted by Gasteiger charge is -2.22. The molecule has 1 aliphatic rings. The Morgan fingerprint density at radius 1 is 1.58 bits per heavy atom. The van der Waals surface area contributed by atoms with E-state index in [0.717, 1.165) is 25.2 Å². The Kier molecular flexibility index (Phi) is 4.37. The molecule has 0 bridgehead atoms. The lowest BCUT2D eigenvalue weighted by atomic mass is 10.1. The SMILES string of the molecule is CCNCc1c(F)cccc1N1CCC(C(N)=O)C1. The van der Waals surface area contributed by atoms with Crippen LogP contribution in [0.15, 0.2) is 18.2 Å². The molecule has 19 heavy (non-hydrogen) atoms. The monoisotopic (exact) mass is 265 g/mol. The Morgan fingerprint density at radius 3 is 3.00 bits per heavy atom. The molecule has 1 aliphatic heterocycles. The van der Waals surface area contributed by atoms with Crippen LogP contribution < -0.4 is 16.0 Å². The lowest BCUT2D eigenvalue weighted by molar-refractivity contribution is -0.121. The van der Waals surface area contributed by atoms with Crippen LogP contribution in [-0.4, -0.2) is 25.5 Å². The molecular formula is C14H20FN3O. The van der Waals surface area contributed by atoms with E-state index in [9.17, 15) is 9.18 Å². The summed E-state index contributed by atoms with van der Waals surface area (Å²) in [6.07, 6.45) is 0.743. The maximum absolute atomic E-state index is 13.9. The number of carbonyl (C=O) groups is 1. The maximum atomic E-state index is 13.9. The summed E-state index contributed by atoms with van der Waals surface area (Å²) in [5.41, 5.74) is 6.86. The molecular weight excluding hydrogens is 245 g/mol. The highest BCUT2D eigenvalue weighted by atomic mass is 19.1. The number of anilines is 1. The zero-order valence-electron chi connectivity index (χ0n) is 11.2. The first-order valence-electron chi connectivity index (χ1n) is 6.65. The molecule has 104 valence electrons. The molecule has 1 unspecified atom stereocenters. The van der Waals surface area contributed by atoms with E-state index in [4.69, 9.17) is 5.73 Å². The van der Waals surface area contributed by atoms with Crippen LogP contribution in [0.3, 0.4) is 0 Å². The molecule has 0 aromatic heterocycles. The van der Waals surface area contributed by atoms with E-state index in [1.54, 1.807) is 6.07 Å². The van der Waals surface area contributed by atoms with E-state index < -0.39 is 0 Å². The van der Waals surface area contributed by atoms with Crippen molar-refractivity contribution in [3.63, 3.8) is 0 Å². The van der Waals surface area contributed by atoms with Crippen molar-refractivity contribution in [2.24, 2.45) is 11.7 Å². The zero-order valence-corrected chi connectivity index (χ0v) is 11.2. The summed E-state index contributed by atoms with van der Waals surface area (Å²) in [6, 6.07) is 5.08. The molecule has 1 aromatic carbocycles. The summed E-state index contributed by atoms with van der Waals surface area (Å²) in [5, 5.41) is 3.14. The Morgan fingerprint density at radius 2 is 2.37 bits per heavy atom. The average Bonchev–Trinajstić information content (AvgIpc) is 2.86. The van der Waals surface area contributed by atoms with Gasteiger partial charge in [-0.2, -0.15) is 0 Å². The Labute approximate surface area is 112 Å². The van der Waals surface area contributed by atoms with E-state index in [-0.39, 0.29) is 17.6 Å². The van der Waals surface area contributed by atoms with Crippen molar-refractivity contribution in [1.82, 2.24) is 5.32 Å². The van der Waals surface area contributed by atoms with E-state index in [0.29, 0.717) is 18.7 Å². The van der Waals surface area contributed by atoms with E-state index in [1.165, 1.54) is 6.07 Å². The number of halogens is 1. The van der Waals surface area contributed by atoms with Crippen molar-refractivity contribution < 1.29 is 9.18 Å². The molecule has 0 radical (unpaired) electrons. The van der Waals surface area contributed by atoms with Gasteiger partial charge >= 0.3 is 0 Å². The largest absolute Gasteiger partial charge is 0.370 e. The molecule has 0 saturated carbocycles. The zero-order chi connectivity index (χ0) is 13.8. The number of nitrogens with two attached hydrogens (primary N) is 1. The van der Waals surface area contributed by atoms with Crippen LogP contribution in [0.1, 0.15) is 18.9 Å². The number of hydrogen-bond donors (Lipinski definition) is 2. The number of amides is 1. The number of carbonyl (C=O) groups excluding carboxylic acids is 1. The number of nitrogens with zero attached hydrogens (tertiary/aromatic N) is 1. The molecule has 0 aliphatic carbocycles. The number of rotatable bonds is 5. The van der Waals surface area contributed by atoms with Crippen molar-refractivity contribution in [2.75, 3.05) is 24.5 Å². The quantitative estimate of drug-likeness (QED) is 0.842. The molecule has 5 heteroatoms. The smallest absolute Gasteiger partial charge is 0.222 e. The molecule has 1 heterocycles. The fraction of sp³-hybridized carbons (Fsp3) is 0.500. The van der Waals surface area contributed by atoms with Crippen LogP contribution in [0.5, 0.6) is 0 Å². The van der Waals surface area contributed by atoms with Gasteiger partial charge in [0, 0.05) is 30.9 Å². The summed E-state index contributed by atoms with van der Waals surface area (Å²) >= 11 is 0. The van der Waals surface area contributed by atoms with Crippen molar-refractivity contribution in [3.8, 4) is 0 Å². The Balaban J connectivity index is 2.20. The highest BCUT2D eigenvalue weighted by molar-refractivity contribution is 5.78. The van der Waals surface area contributed by atoms with E-state index >= 15 is 0 Å². The summed E-state index contributed by atoms with van der Waals surface area (Å²) in [7, 11) is 0. The third kappa shape index (κ3) is 3.04. The third-order valence-corrected chi connectivity index (χ3v) is 3.58. The molecule has 1 amide bonds. The van der Waals surface area contributed by atoms with Crippen LogP contribution in [0, 0.1) is 11.7 Å². The second-order valence-corrected chi connectivity index (χ2v) is 4.85. The fourth-order valence-electron chi connectivity index (χ4n) is 2.48. The van der Waals surface area contributed by atoms with Gasteiger partial charge in [0.1, 0.15) is 5.82 Å². The van der Waals surface area contributed by atoms with Gasteiger partial charge in [-0.3, -0.25) is 4.79 Å². The maximum Gasteiger partial charge on any atom is 0.222 e. The molecule has 1 atom stereocenters. The molecule has 4 nitrogen and oxygen atoms in total. The summed E-state index contributed by atoms with van der Waals surface area (Å²) in [5.74, 6) is -0.608. The Bertz CT molecular complexity index is 464. The molecule has 0 spiro atoms. The number of hydrogen-bond acceptors (Lipinski definition) is 3. The van der Waals surface area contributed by atoms with E-state index in [1.807, 2.05) is 17.9 Å². The highest BCUT2D eigenvalue weighted by Crippen LogP contribution is 2.28. The molecule has 1 aromatic rings. The second kappa shape index (κ2) is 6.02. The van der Waals surface area contributed by atoms with Crippen molar-refractivity contribution in [1.29, 1.82) is 0 Å². The average molecular weight is 265 g/mol. The first-order chi connectivity index (χ1) is 9.13. The minimum absolute atomic E-state index is 0.129. The number of primary amides is 1. The second-order valence-electron chi connectivity index (χ2n) is 4.85. The standard InChI is InChI=1S/C14H20FN3O/c1-2-17-8-11-12(15)4-3-5-13(11)18-7-6-10(9-18)14(16)19/h3-5,10,17H,2,6-9H2,1H3,(H2,16,19). The van der Waals surface area contributed by atoms with Gasteiger partial charge in [0.15, 0.2) is 0 Å². The van der Waals surface area contributed by atoms with Crippen molar-refractivity contribution >= 4 is 11.6 Å². The van der Waals surface area contributed by atoms with Crippen molar-refractivity contribution in [3.05, 3.63) is 29.6 Å². The first kappa shape index (κ1) is 13.8. The topological polar surface area (TPSA) is 58.4 Å². The van der Waals surface area contributed by atoms with Gasteiger partial charge in [0.2, 0.25) is 5.91 Å². The van der Waals surface area contributed by atoms with Gasteiger partial charge in [-0.25, -0.2) is 4.39 Å². The van der Waals surface area contributed by atoms with Crippen LogP contribution in [0.2, 0.25) is 0 Å². The predicted octanol–water partition coefficient (Wildman–Crippen LogP) is 1.25. The van der Waals surface area contributed by atoms with Crippen LogP contribution in [0.25, 0.3) is 0 Å². The van der Waals surface area contributed by atoms with Crippen LogP contribution in [-0.2, 0) is 11.3 Å². The Hall–Kier alpha value is -1.62. The minimum atomic E-state index is -0.271. The summed E-state index contributed by atoms with van der Waals surface area (Å²) < 4.78 is 13.9. The summed E-state index contributed by atoms with van der Waals surface area (Å²) in [6.45, 7) is 4.60. The summed E-state index contributed by atoms with van der Waals surface area (Å²) in [4.78, 5) is 13.3. The molecule has 1 fully saturated rings. The number of nitrogens with one attached hydrogen (secondary N) is 1. The third-order valence-electron chi connectivity index (χ3n) is 3.58. The predicted molar refractivity (Wildman–Crippen MR) is 73.3 cm³/mol. The van der Waals surface area contributed by atoms with Gasteiger partial charge in [-0.1, -0.05) is 13.0 Å². The molecule has 3 N–H and O–H groups in total. The first-order valence-corrected chi connectivity index (χ1v) is 6.65. The molecule has 1 saturated heterocycles. The molecule has 2 rings (SSSR count). The van der Waals surface area contributed by atoms with Crippen LogP contribution >= 0.6 is 0 Å². The lowest BCUT2D eigenvalue weighted by Crippen LogP contribution is -2.28. The normalized spacial score (nSPS) is 18.8. The van der Waals surface area contributed by atoms with Gasteiger partial charge in [0.25, 0.3) is 0 Å². The fourth-order valence-corrected chi connectivity index (χ4v) is 2.48. The van der Waals surface area contributed by atoms with Gasteiger partial charge in [0.05, 0.1) is 5.92 Å². The van der Waals surface area contributed by atoms with Gasteiger partial charge in [-0.15, -0.1) is 0 Å². The minimum Gasteiger partial charge on any atom is -0.370 e. The van der Waals surface area contributed by atoms with Crippen molar-refractivity contribution in [2.45, 2.75) is 19.9 Å². The number of benzene rings is 1. The van der Waals surface area contributed by atoms with Gasteiger partial charge < -0.3 is 16.0 Å². The van der Waals surface area contributed by atoms with E-state index in [2.05, 4.69) is 5.32 Å². The van der Waals surface area contributed by atoms with Gasteiger partial charge in [-0.05, 0) is 25.1 Å². The van der Waals surface area contributed by atoms with Crippen LogP contribution in [0.4, 0.5) is 10.1 Å². The highest BCUT2D eigenvalue weighted by Gasteiger charge is 2.28.